The molecule has 1 aromatic carbocycles. The highest BCUT2D eigenvalue weighted by Gasteiger charge is 2.11. The van der Waals surface area contributed by atoms with Crippen LogP contribution in [0.15, 0.2) is 41.8 Å². The minimum absolute atomic E-state index is 0.210. The lowest BCUT2D eigenvalue weighted by Gasteiger charge is -2.14. The summed E-state index contributed by atoms with van der Waals surface area (Å²) >= 11 is 1.74. The second kappa shape index (κ2) is 5.25. The minimum Gasteiger partial charge on any atom is -0.271 e. The first kappa shape index (κ1) is 11.3. The Labute approximate surface area is 100 Å². The van der Waals surface area contributed by atoms with Gasteiger partial charge in [-0.05, 0) is 30.4 Å². The van der Waals surface area contributed by atoms with E-state index < -0.39 is 0 Å². The standard InChI is InChI=1S/C13H16N2S/c1-10-4-2-5-11(8-10)9-12(15-14)13-6-3-7-16-13/h2-8,12,15H,9,14H2,1H3. The SMILES string of the molecule is Cc1cccc(CC(NN)c2cccs2)c1. The topological polar surface area (TPSA) is 38.0 Å². The summed E-state index contributed by atoms with van der Waals surface area (Å²) in [4.78, 5) is 1.28. The van der Waals surface area contributed by atoms with Crippen molar-refractivity contribution in [2.75, 3.05) is 0 Å². The second-order valence-electron chi connectivity index (χ2n) is 3.93. The maximum absolute atomic E-state index is 5.61. The molecule has 3 heteroatoms. The molecule has 0 saturated heterocycles. The van der Waals surface area contributed by atoms with Crippen molar-refractivity contribution in [1.29, 1.82) is 0 Å². The highest BCUT2D eigenvalue weighted by molar-refractivity contribution is 7.10. The number of thiophene rings is 1. The Balaban J connectivity index is 2.13. The first-order chi connectivity index (χ1) is 7.79. The lowest BCUT2D eigenvalue weighted by molar-refractivity contribution is 0.560. The fourth-order valence-electron chi connectivity index (χ4n) is 1.81. The largest absolute Gasteiger partial charge is 0.271 e. The summed E-state index contributed by atoms with van der Waals surface area (Å²) in [5.74, 6) is 5.61. The molecule has 2 aromatic rings. The molecule has 0 amide bonds. The molecular weight excluding hydrogens is 216 g/mol. The molecule has 0 fully saturated rings. The zero-order valence-corrected chi connectivity index (χ0v) is 10.1. The van der Waals surface area contributed by atoms with Gasteiger partial charge in [-0.1, -0.05) is 35.9 Å². The van der Waals surface area contributed by atoms with Crippen molar-refractivity contribution < 1.29 is 0 Å². The summed E-state index contributed by atoms with van der Waals surface area (Å²) in [5.41, 5.74) is 5.49. The zero-order chi connectivity index (χ0) is 11.4. The normalized spacial score (nSPS) is 12.6. The highest BCUT2D eigenvalue weighted by atomic mass is 32.1. The third-order valence-corrected chi connectivity index (χ3v) is 3.60. The molecule has 1 aromatic heterocycles. The summed E-state index contributed by atoms with van der Waals surface area (Å²) < 4.78 is 0. The van der Waals surface area contributed by atoms with Crippen LogP contribution in [0.25, 0.3) is 0 Å². The highest BCUT2D eigenvalue weighted by Crippen LogP contribution is 2.22. The van der Waals surface area contributed by atoms with Crippen molar-refractivity contribution in [3.63, 3.8) is 0 Å². The Kier molecular flexibility index (Phi) is 3.72. The zero-order valence-electron chi connectivity index (χ0n) is 9.31. The average Bonchev–Trinajstić information content (AvgIpc) is 2.79. The van der Waals surface area contributed by atoms with Gasteiger partial charge >= 0.3 is 0 Å². The Bertz CT molecular complexity index is 437. The van der Waals surface area contributed by atoms with E-state index in [1.165, 1.54) is 16.0 Å². The summed E-state index contributed by atoms with van der Waals surface area (Å²) in [5, 5.41) is 2.08. The maximum Gasteiger partial charge on any atom is 0.0593 e. The number of hydrazine groups is 1. The maximum atomic E-state index is 5.61. The Hall–Kier alpha value is -1.16. The van der Waals surface area contributed by atoms with Crippen LogP contribution in [0.3, 0.4) is 0 Å². The summed E-state index contributed by atoms with van der Waals surface area (Å²) in [6, 6.07) is 12.9. The molecule has 1 unspecified atom stereocenters. The van der Waals surface area contributed by atoms with E-state index in [2.05, 4.69) is 54.1 Å². The molecule has 0 aliphatic rings. The fraction of sp³-hybridized carbons (Fsp3) is 0.231. The number of nitrogens with one attached hydrogen (secondary N) is 1. The van der Waals surface area contributed by atoms with Crippen molar-refractivity contribution in [2.24, 2.45) is 5.84 Å². The minimum atomic E-state index is 0.210. The van der Waals surface area contributed by atoms with E-state index in [4.69, 9.17) is 5.84 Å². The molecule has 2 nitrogen and oxygen atoms in total. The molecule has 0 aliphatic carbocycles. The van der Waals surface area contributed by atoms with Crippen molar-refractivity contribution in [3.8, 4) is 0 Å². The van der Waals surface area contributed by atoms with E-state index in [0.29, 0.717) is 0 Å². The van der Waals surface area contributed by atoms with Crippen LogP contribution in [0.5, 0.6) is 0 Å². The summed E-state index contributed by atoms with van der Waals surface area (Å²) in [6.45, 7) is 2.11. The lowest BCUT2D eigenvalue weighted by Crippen LogP contribution is -2.28. The van der Waals surface area contributed by atoms with E-state index in [1.807, 2.05) is 0 Å². The molecule has 0 aliphatic heterocycles. The Morgan fingerprint density at radius 2 is 2.19 bits per heavy atom. The second-order valence-corrected chi connectivity index (χ2v) is 4.91. The van der Waals surface area contributed by atoms with E-state index in [-0.39, 0.29) is 6.04 Å². The quantitative estimate of drug-likeness (QED) is 0.628. The summed E-state index contributed by atoms with van der Waals surface area (Å²) in [6.07, 6.45) is 0.929. The van der Waals surface area contributed by atoms with Crippen LogP contribution in [0.2, 0.25) is 0 Å². The molecule has 1 heterocycles. The number of aryl methyl sites for hydroxylation is 1. The van der Waals surface area contributed by atoms with Gasteiger partial charge in [0.15, 0.2) is 0 Å². The van der Waals surface area contributed by atoms with Crippen molar-refractivity contribution in [1.82, 2.24) is 5.43 Å². The molecule has 0 radical (unpaired) electrons. The van der Waals surface area contributed by atoms with Crippen LogP contribution in [0.1, 0.15) is 22.0 Å². The molecule has 0 spiro atoms. The molecule has 0 saturated carbocycles. The average molecular weight is 232 g/mol. The predicted octanol–water partition coefficient (Wildman–Crippen LogP) is 2.80. The smallest absolute Gasteiger partial charge is 0.0593 e. The van der Waals surface area contributed by atoms with Crippen LogP contribution < -0.4 is 11.3 Å². The molecule has 2 rings (SSSR count). The number of hydrogen-bond acceptors (Lipinski definition) is 3. The van der Waals surface area contributed by atoms with Gasteiger partial charge in [-0.3, -0.25) is 11.3 Å². The number of hydrogen-bond donors (Lipinski definition) is 2. The van der Waals surface area contributed by atoms with Crippen LogP contribution in [0, 0.1) is 6.92 Å². The van der Waals surface area contributed by atoms with Gasteiger partial charge in [-0.25, -0.2) is 0 Å². The Morgan fingerprint density at radius 1 is 1.31 bits per heavy atom. The lowest BCUT2D eigenvalue weighted by atomic mass is 10.0. The van der Waals surface area contributed by atoms with Gasteiger partial charge in [0.05, 0.1) is 6.04 Å². The monoisotopic (exact) mass is 232 g/mol. The van der Waals surface area contributed by atoms with Crippen LogP contribution >= 0.6 is 11.3 Å². The van der Waals surface area contributed by atoms with E-state index in [9.17, 15) is 0 Å². The first-order valence-corrected chi connectivity index (χ1v) is 6.22. The van der Waals surface area contributed by atoms with Crippen LogP contribution in [-0.4, -0.2) is 0 Å². The van der Waals surface area contributed by atoms with Crippen molar-refractivity contribution >= 4 is 11.3 Å². The third kappa shape index (κ3) is 2.70. The summed E-state index contributed by atoms with van der Waals surface area (Å²) in [7, 11) is 0. The molecule has 16 heavy (non-hydrogen) atoms. The molecule has 84 valence electrons. The molecular formula is C13H16N2S. The number of benzene rings is 1. The number of rotatable bonds is 4. The van der Waals surface area contributed by atoms with Crippen LogP contribution in [0.4, 0.5) is 0 Å². The van der Waals surface area contributed by atoms with Crippen molar-refractivity contribution in [3.05, 3.63) is 57.8 Å². The first-order valence-electron chi connectivity index (χ1n) is 5.34. The third-order valence-electron chi connectivity index (χ3n) is 2.61. The van der Waals surface area contributed by atoms with Gasteiger partial charge < -0.3 is 0 Å². The fourth-order valence-corrected chi connectivity index (χ4v) is 2.59. The van der Waals surface area contributed by atoms with Gasteiger partial charge in [-0.15, -0.1) is 11.3 Å². The molecule has 1 atom stereocenters. The number of nitrogens with two attached hydrogens (primary N) is 1. The van der Waals surface area contributed by atoms with Gasteiger partial charge in [0.2, 0.25) is 0 Å². The molecule has 0 bridgehead atoms. The van der Waals surface area contributed by atoms with E-state index in [1.54, 1.807) is 11.3 Å². The van der Waals surface area contributed by atoms with Crippen molar-refractivity contribution in [2.45, 2.75) is 19.4 Å². The van der Waals surface area contributed by atoms with Gasteiger partial charge in [0.1, 0.15) is 0 Å². The van der Waals surface area contributed by atoms with E-state index >= 15 is 0 Å². The van der Waals surface area contributed by atoms with Crippen LogP contribution in [-0.2, 0) is 6.42 Å². The predicted molar refractivity (Wildman–Crippen MR) is 69.3 cm³/mol. The van der Waals surface area contributed by atoms with Gasteiger partial charge in [0.25, 0.3) is 0 Å². The Morgan fingerprint density at radius 3 is 2.81 bits per heavy atom. The van der Waals surface area contributed by atoms with Gasteiger partial charge in [0, 0.05) is 4.88 Å². The molecule has 3 N–H and O–H groups in total. The van der Waals surface area contributed by atoms with E-state index in [0.717, 1.165) is 6.42 Å². The van der Waals surface area contributed by atoms with Gasteiger partial charge in [-0.2, -0.15) is 0 Å².